The molecule has 152 valence electrons. The summed E-state index contributed by atoms with van der Waals surface area (Å²) in [6.07, 6.45) is 3.29. The Labute approximate surface area is 173 Å². The number of nitrogens with one attached hydrogen (secondary N) is 1. The van der Waals surface area contributed by atoms with Gasteiger partial charge in [-0.2, -0.15) is 0 Å². The normalized spacial score (nSPS) is 11.4. The van der Waals surface area contributed by atoms with Crippen molar-refractivity contribution in [2.45, 2.75) is 50.8 Å². The molecule has 28 heavy (non-hydrogen) atoms. The predicted molar refractivity (Wildman–Crippen MR) is 117 cm³/mol. The third-order valence-electron chi connectivity index (χ3n) is 4.24. The summed E-state index contributed by atoms with van der Waals surface area (Å²) >= 11 is 5.47. The first-order valence-corrected chi connectivity index (χ1v) is 11.3. The average Bonchev–Trinajstić information content (AvgIpc) is 3.04. The van der Waals surface area contributed by atoms with Crippen molar-refractivity contribution in [3.8, 4) is 0 Å². The Morgan fingerprint density at radius 3 is 2.61 bits per heavy atom. The molecule has 6 nitrogen and oxygen atoms in total. The fourth-order valence-electron chi connectivity index (χ4n) is 2.87. The van der Waals surface area contributed by atoms with Crippen LogP contribution in [0.3, 0.4) is 0 Å². The largest absolute Gasteiger partial charge is 0.363 e. The molecule has 0 spiro atoms. The van der Waals surface area contributed by atoms with Crippen LogP contribution < -0.4 is 5.32 Å². The van der Waals surface area contributed by atoms with Crippen LogP contribution in [-0.4, -0.2) is 40.6 Å². The van der Waals surface area contributed by atoms with E-state index in [4.69, 9.17) is 12.2 Å². The van der Waals surface area contributed by atoms with Crippen molar-refractivity contribution in [2.75, 3.05) is 6.54 Å². The van der Waals surface area contributed by atoms with Gasteiger partial charge in [0.15, 0.2) is 5.11 Å². The number of nitrogens with zero attached hydrogens (tertiary/aromatic N) is 3. The molecular weight excluding hydrogens is 392 g/mol. The maximum absolute atomic E-state index is 13.0. The molecule has 0 radical (unpaired) electrons. The van der Waals surface area contributed by atoms with E-state index in [1.54, 1.807) is 29.0 Å². The fraction of sp³-hybridized carbons (Fsp3) is 0.400. The van der Waals surface area contributed by atoms with Gasteiger partial charge in [-0.05, 0) is 38.6 Å². The highest BCUT2D eigenvalue weighted by Gasteiger charge is 2.25. The minimum Gasteiger partial charge on any atom is -0.363 e. The molecule has 8 heteroatoms. The molecule has 2 aromatic rings. The molecule has 1 aromatic carbocycles. The predicted octanol–water partition coefficient (Wildman–Crippen LogP) is 3.15. The number of hydrogen-bond acceptors (Lipinski definition) is 4. The summed E-state index contributed by atoms with van der Waals surface area (Å²) < 4.78 is 27.7. The Morgan fingerprint density at radius 2 is 2.04 bits per heavy atom. The number of rotatable bonds is 9. The molecule has 0 saturated heterocycles. The van der Waals surface area contributed by atoms with Gasteiger partial charge in [0, 0.05) is 19.1 Å². The van der Waals surface area contributed by atoms with Crippen molar-refractivity contribution in [3.05, 3.63) is 60.4 Å². The Morgan fingerprint density at radius 1 is 1.36 bits per heavy atom. The lowest BCUT2D eigenvalue weighted by atomic mass is 10.2. The topological polar surface area (TPSA) is 67.2 Å². The standard InChI is InChI=1S/C20H28N4O2S2/c1-5-12-23-18(14-24(16(3)4)19(27)21-6-2)13-22-20(23)28(25,26)15-17-10-8-7-9-11-17/h5,7-11,13,16H,1,6,12,14-15H2,2-4H3,(H,21,27). The molecule has 0 aliphatic heterocycles. The maximum atomic E-state index is 13.0. The van der Waals surface area contributed by atoms with E-state index in [9.17, 15) is 8.42 Å². The van der Waals surface area contributed by atoms with E-state index in [-0.39, 0.29) is 17.0 Å². The monoisotopic (exact) mass is 420 g/mol. The number of aromatic nitrogens is 2. The van der Waals surface area contributed by atoms with Crippen LogP contribution in [-0.2, 0) is 28.7 Å². The van der Waals surface area contributed by atoms with Crippen LogP contribution in [0.15, 0.2) is 54.3 Å². The molecular formula is C20H28N4O2S2. The molecule has 0 fully saturated rings. The number of sulfone groups is 1. The van der Waals surface area contributed by atoms with E-state index in [0.717, 1.165) is 17.8 Å². The molecule has 0 atom stereocenters. The van der Waals surface area contributed by atoms with Crippen molar-refractivity contribution < 1.29 is 8.42 Å². The molecule has 0 unspecified atom stereocenters. The van der Waals surface area contributed by atoms with E-state index in [2.05, 4.69) is 16.9 Å². The molecule has 1 heterocycles. The Hall–Kier alpha value is -2.19. The van der Waals surface area contributed by atoms with Crippen LogP contribution >= 0.6 is 12.2 Å². The molecule has 0 amide bonds. The first-order valence-electron chi connectivity index (χ1n) is 9.26. The van der Waals surface area contributed by atoms with Gasteiger partial charge in [0.2, 0.25) is 15.0 Å². The maximum Gasteiger partial charge on any atom is 0.228 e. The molecule has 0 bridgehead atoms. The first-order chi connectivity index (χ1) is 13.3. The Balaban J connectivity index is 2.37. The average molecular weight is 421 g/mol. The minimum absolute atomic E-state index is 0.0596. The number of thiocarbonyl (C=S) groups is 1. The van der Waals surface area contributed by atoms with E-state index >= 15 is 0 Å². The highest BCUT2D eigenvalue weighted by atomic mass is 32.2. The third kappa shape index (κ3) is 5.42. The zero-order valence-corrected chi connectivity index (χ0v) is 18.3. The Kier molecular flexibility index (Phi) is 7.77. The zero-order chi connectivity index (χ0) is 20.7. The summed E-state index contributed by atoms with van der Waals surface area (Å²) in [7, 11) is -3.59. The second-order valence-corrected chi connectivity index (χ2v) is 9.00. The third-order valence-corrected chi connectivity index (χ3v) is 6.21. The fourth-order valence-corrected chi connectivity index (χ4v) is 4.79. The summed E-state index contributed by atoms with van der Waals surface area (Å²) in [6.45, 7) is 11.4. The van der Waals surface area contributed by atoms with Gasteiger partial charge in [0.25, 0.3) is 0 Å². The van der Waals surface area contributed by atoms with E-state index < -0.39 is 9.84 Å². The van der Waals surface area contributed by atoms with Crippen LogP contribution in [0.2, 0.25) is 0 Å². The first kappa shape index (κ1) is 22.1. The summed E-state index contributed by atoms with van der Waals surface area (Å²) in [6, 6.07) is 9.27. The number of allylic oxidation sites excluding steroid dienone is 1. The van der Waals surface area contributed by atoms with Crippen molar-refractivity contribution in [1.29, 1.82) is 0 Å². The van der Waals surface area contributed by atoms with Gasteiger partial charge in [-0.25, -0.2) is 13.4 Å². The van der Waals surface area contributed by atoms with Crippen molar-refractivity contribution in [3.63, 3.8) is 0 Å². The lowest BCUT2D eigenvalue weighted by Crippen LogP contribution is -2.43. The van der Waals surface area contributed by atoms with Crippen molar-refractivity contribution >= 4 is 27.2 Å². The number of hydrogen-bond donors (Lipinski definition) is 1. The summed E-state index contributed by atoms with van der Waals surface area (Å²) in [5.41, 5.74) is 1.51. The molecule has 0 saturated carbocycles. The van der Waals surface area contributed by atoms with Gasteiger partial charge in [-0.15, -0.1) is 6.58 Å². The lowest BCUT2D eigenvalue weighted by Gasteiger charge is -2.29. The van der Waals surface area contributed by atoms with Crippen LogP contribution in [0.1, 0.15) is 32.0 Å². The van der Waals surface area contributed by atoms with Gasteiger partial charge >= 0.3 is 0 Å². The molecule has 1 N–H and O–H groups in total. The zero-order valence-electron chi connectivity index (χ0n) is 16.6. The van der Waals surface area contributed by atoms with E-state index in [1.807, 2.05) is 43.9 Å². The molecule has 1 aromatic heterocycles. The van der Waals surface area contributed by atoms with Crippen molar-refractivity contribution in [2.24, 2.45) is 0 Å². The summed E-state index contributed by atoms with van der Waals surface area (Å²) in [4.78, 5) is 6.27. The lowest BCUT2D eigenvalue weighted by molar-refractivity contribution is 0.328. The van der Waals surface area contributed by atoms with Crippen molar-refractivity contribution in [1.82, 2.24) is 19.8 Å². The van der Waals surface area contributed by atoms with Crippen LogP contribution in [0, 0.1) is 0 Å². The second-order valence-electron chi connectivity index (χ2n) is 6.73. The molecule has 2 rings (SSSR count). The highest BCUT2D eigenvalue weighted by Crippen LogP contribution is 2.19. The van der Waals surface area contributed by atoms with E-state index in [0.29, 0.717) is 18.2 Å². The molecule has 0 aliphatic rings. The van der Waals surface area contributed by atoms with Gasteiger partial charge < -0.3 is 14.8 Å². The smallest absolute Gasteiger partial charge is 0.228 e. The van der Waals surface area contributed by atoms with Gasteiger partial charge in [-0.1, -0.05) is 36.4 Å². The number of benzene rings is 1. The van der Waals surface area contributed by atoms with Gasteiger partial charge in [0.05, 0.1) is 24.2 Å². The van der Waals surface area contributed by atoms with Crippen LogP contribution in [0.25, 0.3) is 0 Å². The SMILES string of the molecule is C=CCn1c(CN(C(=S)NCC)C(C)C)cnc1S(=O)(=O)Cc1ccccc1. The summed E-state index contributed by atoms with van der Waals surface area (Å²) in [5, 5.41) is 3.85. The van der Waals surface area contributed by atoms with E-state index in [1.165, 1.54) is 0 Å². The van der Waals surface area contributed by atoms with Crippen LogP contribution in [0.5, 0.6) is 0 Å². The Bertz CT molecular complexity index is 906. The number of imidazole rings is 1. The second kappa shape index (κ2) is 9.84. The van der Waals surface area contributed by atoms with Gasteiger partial charge in [0.1, 0.15) is 0 Å². The van der Waals surface area contributed by atoms with Gasteiger partial charge in [-0.3, -0.25) is 0 Å². The quantitative estimate of drug-likeness (QED) is 0.497. The molecule has 0 aliphatic carbocycles. The summed E-state index contributed by atoms with van der Waals surface area (Å²) in [5.74, 6) is -0.0921. The minimum atomic E-state index is -3.59. The van der Waals surface area contributed by atoms with Crippen LogP contribution in [0.4, 0.5) is 0 Å². The highest BCUT2D eigenvalue weighted by molar-refractivity contribution is 7.90.